The van der Waals surface area contributed by atoms with Crippen LogP contribution >= 0.6 is 0 Å². The summed E-state index contributed by atoms with van der Waals surface area (Å²) in [5, 5.41) is 10.8. The van der Waals surface area contributed by atoms with Crippen molar-refractivity contribution in [2.75, 3.05) is 13.1 Å². The van der Waals surface area contributed by atoms with E-state index in [1.165, 1.54) is 10.6 Å². The van der Waals surface area contributed by atoms with Crippen LogP contribution in [0.4, 0.5) is 5.69 Å². The molecule has 1 saturated heterocycles. The Kier molecular flexibility index (Phi) is 2.84. The number of rotatable bonds is 1. The van der Waals surface area contributed by atoms with Crippen molar-refractivity contribution in [3.63, 3.8) is 0 Å². The quantitative estimate of drug-likeness (QED) is 0.559. The third kappa shape index (κ3) is 1.90. The van der Waals surface area contributed by atoms with Crippen LogP contribution in [-0.4, -0.2) is 33.4 Å². The molecule has 1 aromatic heterocycles. The van der Waals surface area contributed by atoms with E-state index >= 15 is 0 Å². The van der Waals surface area contributed by atoms with Gasteiger partial charge < -0.3 is 9.47 Å². The van der Waals surface area contributed by atoms with Crippen LogP contribution in [0.5, 0.6) is 0 Å². The van der Waals surface area contributed by atoms with Gasteiger partial charge in [-0.05, 0) is 18.4 Å². The van der Waals surface area contributed by atoms with E-state index in [0.717, 1.165) is 12.1 Å². The Morgan fingerprint density at radius 2 is 2.10 bits per heavy atom. The van der Waals surface area contributed by atoms with Crippen molar-refractivity contribution in [2.24, 2.45) is 5.92 Å². The minimum Gasteiger partial charge on any atom is -0.342 e. The summed E-state index contributed by atoms with van der Waals surface area (Å²) in [7, 11) is 0. The van der Waals surface area contributed by atoms with Crippen molar-refractivity contribution in [3.8, 4) is 0 Å². The molecule has 0 aliphatic carbocycles. The highest BCUT2D eigenvalue weighted by molar-refractivity contribution is 5.73. The Hall–Kier alpha value is -2.18. The molecule has 0 spiro atoms. The van der Waals surface area contributed by atoms with E-state index in [-0.39, 0.29) is 23.4 Å². The van der Waals surface area contributed by atoms with Gasteiger partial charge in [-0.1, -0.05) is 0 Å². The molecule has 7 nitrogen and oxygen atoms in total. The van der Waals surface area contributed by atoms with Crippen molar-refractivity contribution >= 4 is 11.6 Å². The molecule has 3 heterocycles. The van der Waals surface area contributed by atoms with E-state index in [4.69, 9.17) is 0 Å². The predicted molar refractivity (Wildman–Crippen MR) is 70.5 cm³/mol. The number of hydrogen-bond donors (Lipinski definition) is 0. The second kappa shape index (κ2) is 4.43. The summed E-state index contributed by atoms with van der Waals surface area (Å²) in [6, 6.07) is 2.94. The number of pyridine rings is 1. The molecule has 2 aliphatic rings. The lowest BCUT2D eigenvalue weighted by molar-refractivity contribution is -0.386. The van der Waals surface area contributed by atoms with Crippen molar-refractivity contribution in [2.45, 2.75) is 25.8 Å². The largest absolute Gasteiger partial charge is 0.342 e. The molecule has 20 heavy (non-hydrogen) atoms. The predicted octanol–water partition coefficient (Wildman–Crippen LogP) is 0.722. The molecule has 2 bridgehead atoms. The molecule has 0 N–H and O–H groups in total. The van der Waals surface area contributed by atoms with Gasteiger partial charge in [-0.25, -0.2) is 0 Å². The maximum atomic E-state index is 12.1. The fourth-order valence-corrected chi connectivity index (χ4v) is 3.33. The van der Waals surface area contributed by atoms with Crippen LogP contribution < -0.4 is 5.56 Å². The second-order valence-electron chi connectivity index (χ2n) is 5.54. The maximum absolute atomic E-state index is 12.1. The summed E-state index contributed by atoms with van der Waals surface area (Å²) in [5.41, 5.74) is -0.0987. The highest BCUT2D eigenvalue weighted by Gasteiger charge is 2.36. The van der Waals surface area contributed by atoms with E-state index in [0.29, 0.717) is 19.6 Å². The average molecular weight is 277 g/mol. The van der Waals surface area contributed by atoms with Crippen LogP contribution in [0.3, 0.4) is 0 Å². The molecule has 0 radical (unpaired) electrons. The van der Waals surface area contributed by atoms with Crippen LogP contribution in [0.2, 0.25) is 0 Å². The van der Waals surface area contributed by atoms with Gasteiger partial charge in [0.05, 0.1) is 4.92 Å². The average Bonchev–Trinajstić information content (AvgIpc) is 2.39. The molecule has 2 unspecified atom stereocenters. The van der Waals surface area contributed by atoms with Gasteiger partial charge in [-0.15, -0.1) is 0 Å². The Morgan fingerprint density at radius 3 is 2.75 bits per heavy atom. The molecule has 0 saturated carbocycles. The minimum absolute atomic E-state index is 0.0393. The Morgan fingerprint density at radius 1 is 1.35 bits per heavy atom. The third-order valence-corrected chi connectivity index (χ3v) is 4.23. The summed E-state index contributed by atoms with van der Waals surface area (Å²) in [6.07, 6.45) is 0.932. The number of nitro groups is 1. The van der Waals surface area contributed by atoms with Crippen LogP contribution in [-0.2, 0) is 11.3 Å². The van der Waals surface area contributed by atoms with Crippen LogP contribution in [0, 0.1) is 16.0 Å². The molecule has 1 amide bonds. The number of fused-ring (bicyclic) bond motifs is 4. The smallest absolute Gasteiger partial charge is 0.334 e. The summed E-state index contributed by atoms with van der Waals surface area (Å²) in [6.45, 7) is 3.21. The summed E-state index contributed by atoms with van der Waals surface area (Å²) in [4.78, 5) is 35.7. The van der Waals surface area contributed by atoms with Gasteiger partial charge in [0.2, 0.25) is 5.91 Å². The fourth-order valence-electron chi connectivity index (χ4n) is 3.33. The first-order chi connectivity index (χ1) is 9.47. The summed E-state index contributed by atoms with van der Waals surface area (Å²) >= 11 is 0. The topological polar surface area (TPSA) is 85.5 Å². The van der Waals surface area contributed by atoms with E-state index < -0.39 is 10.5 Å². The highest BCUT2D eigenvalue weighted by atomic mass is 16.6. The zero-order valence-electron chi connectivity index (χ0n) is 11.1. The molecular weight excluding hydrogens is 262 g/mol. The Balaban J connectivity index is 2.04. The lowest BCUT2D eigenvalue weighted by Gasteiger charge is -2.42. The van der Waals surface area contributed by atoms with Crippen molar-refractivity contribution in [3.05, 3.63) is 38.3 Å². The molecule has 0 aromatic carbocycles. The maximum Gasteiger partial charge on any atom is 0.334 e. The first-order valence-corrected chi connectivity index (χ1v) is 6.61. The van der Waals surface area contributed by atoms with E-state index in [2.05, 4.69) is 0 Å². The first-order valence-electron chi connectivity index (χ1n) is 6.61. The monoisotopic (exact) mass is 277 g/mol. The molecule has 2 aliphatic heterocycles. The van der Waals surface area contributed by atoms with Crippen LogP contribution in [0.15, 0.2) is 16.9 Å². The van der Waals surface area contributed by atoms with Crippen molar-refractivity contribution in [1.29, 1.82) is 0 Å². The van der Waals surface area contributed by atoms with E-state index in [9.17, 15) is 19.7 Å². The number of likely N-dealkylation sites (tertiary alicyclic amines) is 1. The normalized spacial score (nSPS) is 24.1. The molecule has 2 atom stereocenters. The van der Waals surface area contributed by atoms with Crippen molar-refractivity contribution < 1.29 is 9.72 Å². The molecular formula is C13H15N3O4. The van der Waals surface area contributed by atoms with Gasteiger partial charge in [0.1, 0.15) is 0 Å². The zero-order valence-corrected chi connectivity index (χ0v) is 11.1. The molecule has 7 heteroatoms. The molecule has 106 valence electrons. The number of carbonyl (C=O) groups is 1. The molecule has 1 aromatic rings. The fraction of sp³-hybridized carbons (Fsp3) is 0.538. The van der Waals surface area contributed by atoms with Gasteiger partial charge in [-0.2, -0.15) is 0 Å². The Labute approximate surface area is 115 Å². The SMILES string of the molecule is CC(=O)N1CC2CC(C1)c1ccc([N+](=O)[O-])c(=O)n1C2. The number of amides is 1. The van der Waals surface area contributed by atoms with Gasteiger partial charge in [0.15, 0.2) is 0 Å². The molecule has 1 fully saturated rings. The third-order valence-electron chi connectivity index (χ3n) is 4.23. The number of aromatic nitrogens is 1. The lowest BCUT2D eigenvalue weighted by atomic mass is 9.83. The van der Waals surface area contributed by atoms with E-state index in [1.54, 1.807) is 17.9 Å². The molecule has 3 rings (SSSR count). The highest BCUT2D eigenvalue weighted by Crippen LogP contribution is 2.35. The first kappa shape index (κ1) is 12.8. The Bertz CT molecular complexity index is 652. The van der Waals surface area contributed by atoms with Gasteiger partial charge in [0.25, 0.3) is 0 Å². The number of nitrogens with zero attached hydrogens (tertiary/aromatic N) is 3. The minimum atomic E-state index is -0.637. The van der Waals surface area contributed by atoms with Gasteiger partial charge >= 0.3 is 11.2 Å². The van der Waals surface area contributed by atoms with E-state index in [1.807, 2.05) is 0 Å². The van der Waals surface area contributed by atoms with Gasteiger partial charge in [0, 0.05) is 44.2 Å². The summed E-state index contributed by atoms with van der Waals surface area (Å²) < 4.78 is 1.52. The zero-order chi connectivity index (χ0) is 14.4. The number of hydrogen-bond acceptors (Lipinski definition) is 4. The lowest BCUT2D eigenvalue weighted by Crippen LogP contribution is -2.48. The number of piperidine rings is 1. The van der Waals surface area contributed by atoms with Crippen LogP contribution in [0.1, 0.15) is 25.0 Å². The second-order valence-corrected chi connectivity index (χ2v) is 5.54. The van der Waals surface area contributed by atoms with Crippen molar-refractivity contribution in [1.82, 2.24) is 9.47 Å². The van der Waals surface area contributed by atoms with Crippen LogP contribution in [0.25, 0.3) is 0 Å². The van der Waals surface area contributed by atoms with Gasteiger partial charge in [-0.3, -0.25) is 19.7 Å². The summed E-state index contributed by atoms with van der Waals surface area (Å²) in [5.74, 6) is 0.335. The number of carbonyl (C=O) groups excluding carboxylic acids is 1. The standard InChI is InChI=1S/C13H15N3O4/c1-8(17)14-5-9-4-10(7-14)11-2-3-12(16(19)20)13(18)15(11)6-9/h2-3,9-10H,4-7H2,1H3.